The number of carbonyl (C=O) groups is 4. The van der Waals surface area contributed by atoms with Crippen LogP contribution < -0.4 is 10.6 Å². The van der Waals surface area contributed by atoms with Crippen molar-refractivity contribution < 1.29 is 34.1 Å². The van der Waals surface area contributed by atoms with Crippen LogP contribution in [0.3, 0.4) is 0 Å². The number of carbonyl (C=O) groups excluding carboxylic acids is 2. The molecule has 0 saturated carbocycles. The summed E-state index contributed by atoms with van der Waals surface area (Å²) in [5.74, 6) is -2.32. The molecule has 1 saturated heterocycles. The Morgan fingerprint density at radius 2 is 1.48 bits per heavy atom. The number of hydrogen-bond acceptors (Lipinski definition) is 5. The number of rotatable bonds is 12. The Labute approximate surface area is 254 Å². The fourth-order valence-corrected chi connectivity index (χ4v) is 6.34. The molecule has 0 radical (unpaired) electrons. The summed E-state index contributed by atoms with van der Waals surface area (Å²) in [5, 5.41) is 24.7. The van der Waals surface area contributed by atoms with E-state index in [1.165, 1.54) is 6.08 Å². The normalized spacial score (nSPS) is 21.8. The molecule has 2 unspecified atom stereocenters. The topological polar surface area (TPSA) is 177 Å². The Kier molecular flexibility index (Phi) is 7.85. The zero-order valence-corrected chi connectivity index (χ0v) is 25.2. The molecule has 11 heteroatoms. The summed E-state index contributed by atoms with van der Waals surface area (Å²) >= 11 is 0. The number of aromatic amines is 2. The largest absolute Gasteiger partial charge is 0.481 e. The van der Waals surface area contributed by atoms with Crippen LogP contribution >= 0.6 is 0 Å². The van der Waals surface area contributed by atoms with Gasteiger partial charge in [-0.15, -0.1) is 0 Å². The van der Waals surface area contributed by atoms with Crippen LogP contribution in [-0.4, -0.2) is 49.7 Å². The van der Waals surface area contributed by atoms with Gasteiger partial charge in [-0.3, -0.25) is 19.2 Å². The summed E-state index contributed by atoms with van der Waals surface area (Å²) in [6, 6.07) is 0. The third-order valence-electron chi connectivity index (χ3n) is 8.91. The number of nitrogens with one attached hydrogen (secondary N) is 4. The van der Waals surface area contributed by atoms with E-state index in [1.807, 2.05) is 26.8 Å². The van der Waals surface area contributed by atoms with Crippen molar-refractivity contribution in [1.29, 1.82) is 0 Å². The van der Waals surface area contributed by atoms with Gasteiger partial charge in [0.05, 0.1) is 11.4 Å². The van der Waals surface area contributed by atoms with Gasteiger partial charge in [-0.25, -0.2) is 0 Å². The van der Waals surface area contributed by atoms with Crippen LogP contribution in [0.4, 0.5) is 0 Å². The lowest BCUT2D eigenvalue weighted by Gasteiger charge is -2.07. The standard InChI is InChI=1S/C33H36N4O7/c1-7-19-17(5)31(42)36-24(19)13-23-15(3)21(9-11-27(38)39)25(34-23)14-26-22(10-12-28(40)41)16(4)29(35-26)30-33(44-30)18(6)20(8-2)32(43)37-33/h7-8,13,30,34-35H,1-2,9-12,14H2,3-6H3,(H,36,42)(H,37,43)(H,38,39)(H,40,41)/b24-13-. The number of carboxylic acid groups (broad SMARTS) is 2. The van der Waals surface area contributed by atoms with E-state index in [1.54, 1.807) is 13.0 Å². The second kappa shape index (κ2) is 11.3. The second-order valence-electron chi connectivity index (χ2n) is 11.4. The molecule has 6 N–H and O–H groups in total. The zero-order chi connectivity index (χ0) is 32.1. The van der Waals surface area contributed by atoms with Crippen LogP contribution in [0.5, 0.6) is 0 Å². The van der Waals surface area contributed by atoms with Gasteiger partial charge in [0, 0.05) is 53.1 Å². The molecule has 2 aromatic rings. The molecule has 0 bridgehead atoms. The van der Waals surface area contributed by atoms with E-state index in [9.17, 15) is 29.4 Å². The van der Waals surface area contributed by atoms with Crippen molar-refractivity contribution in [1.82, 2.24) is 20.6 Å². The van der Waals surface area contributed by atoms with Gasteiger partial charge in [0.2, 0.25) is 0 Å². The zero-order valence-electron chi connectivity index (χ0n) is 25.2. The molecule has 0 aliphatic carbocycles. The maximum atomic E-state index is 12.5. The van der Waals surface area contributed by atoms with Crippen molar-refractivity contribution in [3.05, 3.63) is 98.3 Å². The summed E-state index contributed by atoms with van der Waals surface area (Å²) in [6.07, 6.45) is 5.18. The lowest BCUT2D eigenvalue weighted by atomic mass is 9.97. The first-order chi connectivity index (χ1) is 20.8. The first kappa shape index (κ1) is 30.6. The molecule has 5 heterocycles. The molecular formula is C33H36N4O7. The van der Waals surface area contributed by atoms with E-state index in [0.717, 1.165) is 50.6 Å². The molecule has 230 valence electrons. The fourth-order valence-electron chi connectivity index (χ4n) is 6.34. The average Bonchev–Trinajstić information content (AvgIpc) is 3.21. The first-order valence-corrected chi connectivity index (χ1v) is 14.4. The van der Waals surface area contributed by atoms with Crippen molar-refractivity contribution in [2.75, 3.05) is 0 Å². The number of H-pyrrole nitrogens is 2. The summed E-state index contributed by atoms with van der Waals surface area (Å²) in [5.41, 5.74) is 8.44. The SMILES string of the molecule is C=CC1=C(C)C2(NC1=O)OC2c1[nH]c(Cc2[nH]c(/C=C3\NC(=O)C(C)=C3C=C)c(C)c2CCC(=O)O)c(CCC(=O)O)c1C. The molecule has 0 aromatic carbocycles. The van der Waals surface area contributed by atoms with E-state index in [0.29, 0.717) is 28.8 Å². The van der Waals surface area contributed by atoms with Gasteiger partial charge in [0.15, 0.2) is 11.8 Å². The predicted molar refractivity (Wildman–Crippen MR) is 162 cm³/mol. The highest BCUT2D eigenvalue weighted by Crippen LogP contribution is 2.56. The average molecular weight is 601 g/mol. The van der Waals surface area contributed by atoms with Crippen LogP contribution in [0.25, 0.3) is 6.08 Å². The Balaban J connectivity index is 1.56. The third-order valence-corrected chi connectivity index (χ3v) is 8.91. The molecular weight excluding hydrogens is 564 g/mol. The highest BCUT2D eigenvalue weighted by molar-refractivity contribution is 6.02. The molecule has 2 atom stereocenters. The molecule has 2 aromatic heterocycles. The number of hydrogen-bond donors (Lipinski definition) is 6. The molecule has 1 fully saturated rings. The maximum Gasteiger partial charge on any atom is 0.303 e. The van der Waals surface area contributed by atoms with Gasteiger partial charge in [-0.2, -0.15) is 0 Å². The van der Waals surface area contributed by atoms with Crippen molar-refractivity contribution in [3.63, 3.8) is 0 Å². The summed E-state index contributed by atoms with van der Waals surface area (Å²) in [6.45, 7) is 14.9. The number of aliphatic carboxylic acids is 2. The third kappa shape index (κ3) is 5.13. The van der Waals surface area contributed by atoms with Crippen LogP contribution in [0.1, 0.15) is 77.8 Å². The van der Waals surface area contributed by atoms with Gasteiger partial charge >= 0.3 is 11.9 Å². The van der Waals surface area contributed by atoms with Crippen molar-refractivity contribution >= 4 is 29.8 Å². The van der Waals surface area contributed by atoms with Crippen LogP contribution in [-0.2, 0) is 43.2 Å². The summed E-state index contributed by atoms with van der Waals surface area (Å²) in [7, 11) is 0. The fraction of sp³-hybridized carbons (Fsp3) is 0.333. The van der Waals surface area contributed by atoms with Gasteiger partial charge < -0.3 is 35.6 Å². The Hall–Kier alpha value is -4.90. The van der Waals surface area contributed by atoms with Crippen LogP contribution in [0.2, 0.25) is 0 Å². The van der Waals surface area contributed by atoms with E-state index in [4.69, 9.17) is 4.74 Å². The lowest BCUT2D eigenvalue weighted by Crippen LogP contribution is -2.32. The number of allylic oxidation sites excluding steroid dienone is 1. The number of epoxide rings is 1. The molecule has 1 spiro atoms. The first-order valence-electron chi connectivity index (χ1n) is 14.4. The van der Waals surface area contributed by atoms with Crippen molar-refractivity contribution in [2.45, 2.75) is 71.6 Å². The number of aromatic nitrogens is 2. The van der Waals surface area contributed by atoms with Gasteiger partial charge in [0.1, 0.15) is 0 Å². The molecule has 44 heavy (non-hydrogen) atoms. The summed E-state index contributed by atoms with van der Waals surface area (Å²) in [4.78, 5) is 54.9. The minimum atomic E-state index is -0.979. The molecule has 2 amide bonds. The Morgan fingerprint density at radius 3 is 2.05 bits per heavy atom. The highest BCUT2D eigenvalue weighted by Gasteiger charge is 2.64. The monoisotopic (exact) mass is 600 g/mol. The molecule has 11 nitrogen and oxygen atoms in total. The van der Waals surface area contributed by atoms with Crippen LogP contribution in [0, 0.1) is 13.8 Å². The number of ether oxygens (including phenoxy) is 1. The Morgan fingerprint density at radius 1 is 0.886 bits per heavy atom. The van der Waals surface area contributed by atoms with Crippen molar-refractivity contribution in [2.24, 2.45) is 0 Å². The number of amides is 2. The molecule has 3 aliphatic rings. The van der Waals surface area contributed by atoms with E-state index >= 15 is 0 Å². The van der Waals surface area contributed by atoms with E-state index in [-0.39, 0.29) is 37.5 Å². The molecule has 3 aliphatic heterocycles. The van der Waals surface area contributed by atoms with Gasteiger partial charge in [-0.05, 0) is 74.4 Å². The van der Waals surface area contributed by atoms with Gasteiger partial charge in [-0.1, -0.05) is 25.3 Å². The smallest absolute Gasteiger partial charge is 0.303 e. The summed E-state index contributed by atoms with van der Waals surface area (Å²) < 4.78 is 6.10. The lowest BCUT2D eigenvalue weighted by molar-refractivity contribution is -0.138. The van der Waals surface area contributed by atoms with Gasteiger partial charge in [0.25, 0.3) is 11.8 Å². The quantitative estimate of drug-likeness (QED) is 0.200. The van der Waals surface area contributed by atoms with Crippen LogP contribution in [0.15, 0.2) is 53.3 Å². The Bertz CT molecular complexity index is 1750. The minimum Gasteiger partial charge on any atom is -0.481 e. The van der Waals surface area contributed by atoms with E-state index < -0.39 is 23.8 Å². The molecule has 5 rings (SSSR count). The van der Waals surface area contributed by atoms with Crippen molar-refractivity contribution in [3.8, 4) is 0 Å². The predicted octanol–water partition coefficient (Wildman–Crippen LogP) is 3.96. The second-order valence-corrected chi connectivity index (χ2v) is 11.4. The number of carboxylic acids is 2. The minimum absolute atomic E-state index is 0.0778. The highest BCUT2D eigenvalue weighted by atomic mass is 16.6. The maximum absolute atomic E-state index is 12.5. The van der Waals surface area contributed by atoms with E-state index in [2.05, 4.69) is 33.8 Å².